The Kier molecular flexibility index (Phi) is 3.34. The maximum absolute atomic E-state index is 9.20. The number of hydrogen-bond acceptors (Lipinski definition) is 2. The summed E-state index contributed by atoms with van der Waals surface area (Å²) in [6.07, 6.45) is 0.969. The van der Waals surface area contributed by atoms with Crippen LogP contribution in [-0.4, -0.2) is 13.1 Å². The summed E-state index contributed by atoms with van der Waals surface area (Å²) in [5.74, 6) is 0.181. The van der Waals surface area contributed by atoms with Crippen LogP contribution in [-0.2, 0) is 0 Å². The molecule has 0 aromatic heterocycles. The van der Waals surface area contributed by atoms with Crippen LogP contribution in [0.2, 0.25) is 0 Å². The summed E-state index contributed by atoms with van der Waals surface area (Å²) in [7, 11) is 0. The molecular weight excluding hydrogens is 220 g/mol. The maximum atomic E-state index is 9.20. The zero-order valence-corrected chi connectivity index (χ0v) is 11.8. The van der Waals surface area contributed by atoms with Crippen molar-refractivity contribution in [3.05, 3.63) is 29.3 Å². The summed E-state index contributed by atoms with van der Waals surface area (Å²) in [5, 5.41) is 9.20. The number of rotatable bonds is 1. The monoisotopic (exact) mass is 242 g/mol. The van der Waals surface area contributed by atoms with Crippen molar-refractivity contribution < 1.29 is 0 Å². The number of benzene rings is 1. The minimum absolute atomic E-state index is 0.0752. The van der Waals surface area contributed by atoms with Crippen LogP contribution in [0.3, 0.4) is 0 Å². The van der Waals surface area contributed by atoms with Crippen LogP contribution >= 0.6 is 0 Å². The largest absolute Gasteiger partial charge is 0.371 e. The van der Waals surface area contributed by atoms with Crippen LogP contribution in [0, 0.1) is 36.5 Å². The summed E-state index contributed by atoms with van der Waals surface area (Å²) in [5.41, 5.74) is 4.05. The van der Waals surface area contributed by atoms with Crippen molar-refractivity contribution in [1.29, 1.82) is 5.26 Å². The van der Waals surface area contributed by atoms with Gasteiger partial charge in [0.1, 0.15) is 0 Å². The maximum Gasteiger partial charge on any atom is 0.0662 e. The quantitative estimate of drug-likeness (QED) is 0.751. The van der Waals surface area contributed by atoms with Crippen molar-refractivity contribution in [3.63, 3.8) is 0 Å². The summed E-state index contributed by atoms with van der Waals surface area (Å²) < 4.78 is 0. The first-order valence-corrected chi connectivity index (χ1v) is 6.66. The van der Waals surface area contributed by atoms with Gasteiger partial charge >= 0.3 is 0 Å². The molecule has 18 heavy (non-hydrogen) atoms. The minimum Gasteiger partial charge on any atom is -0.371 e. The van der Waals surface area contributed by atoms with E-state index in [2.05, 4.69) is 56.9 Å². The SMILES string of the molecule is Cc1ccc(N2CCC(C#N)C(C)(C)C2)cc1C. The summed E-state index contributed by atoms with van der Waals surface area (Å²) in [4.78, 5) is 2.42. The Labute approximate surface area is 110 Å². The van der Waals surface area contributed by atoms with Gasteiger partial charge in [-0.3, -0.25) is 0 Å². The number of hydrogen-bond donors (Lipinski definition) is 0. The van der Waals surface area contributed by atoms with Crippen molar-refractivity contribution in [2.75, 3.05) is 18.0 Å². The van der Waals surface area contributed by atoms with Crippen molar-refractivity contribution in [3.8, 4) is 6.07 Å². The molecule has 2 heteroatoms. The molecule has 2 rings (SSSR count). The van der Waals surface area contributed by atoms with Crippen molar-refractivity contribution >= 4 is 5.69 Å². The molecule has 1 aliphatic heterocycles. The molecule has 1 aromatic carbocycles. The van der Waals surface area contributed by atoms with Crippen LogP contribution in [0.15, 0.2) is 18.2 Å². The number of nitriles is 1. The van der Waals surface area contributed by atoms with E-state index in [1.165, 1.54) is 16.8 Å². The molecule has 1 heterocycles. The third-order valence-electron chi connectivity index (χ3n) is 4.24. The standard InChI is InChI=1S/C16H22N2/c1-12-5-6-15(9-13(12)2)18-8-7-14(10-17)16(3,4)11-18/h5-6,9,14H,7-8,11H2,1-4H3. The van der Waals surface area contributed by atoms with E-state index in [1.807, 2.05) is 0 Å². The molecule has 1 atom stereocenters. The molecule has 0 radical (unpaired) electrons. The highest BCUT2D eigenvalue weighted by Gasteiger charge is 2.35. The zero-order valence-electron chi connectivity index (χ0n) is 11.8. The highest BCUT2D eigenvalue weighted by molar-refractivity contribution is 5.51. The summed E-state index contributed by atoms with van der Waals surface area (Å²) >= 11 is 0. The van der Waals surface area contributed by atoms with Gasteiger partial charge in [-0.05, 0) is 48.9 Å². The van der Waals surface area contributed by atoms with Crippen molar-refractivity contribution in [2.45, 2.75) is 34.1 Å². The van der Waals surface area contributed by atoms with Crippen molar-refractivity contribution in [2.24, 2.45) is 11.3 Å². The van der Waals surface area contributed by atoms with Gasteiger partial charge < -0.3 is 4.90 Å². The second-order valence-electron chi connectivity index (χ2n) is 6.15. The van der Waals surface area contributed by atoms with Gasteiger partial charge in [0.2, 0.25) is 0 Å². The molecule has 96 valence electrons. The number of nitrogens with zero attached hydrogens (tertiary/aromatic N) is 2. The fourth-order valence-electron chi connectivity index (χ4n) is 2.74. The molecule has 0 bridgehead atoms. The molecule has 0 spiro atoms. The van der Waals surface area contributed by atoms with Crippen LogP contribution in [0.4, 0.5) is 5.69 Å². The van der Waals surface area contributed by atoms with Gasteiger partial charge in [-0.2, -0.15) is 5.26 Å². The molecule has 0 aliphatic carbocycles. The van der Waals surface area contributed by atoms with Crippen LogP contribution in [0.1, 0.15) is 31.4 Å². The lowest BCUT2D eigenvalue weighted by molar-refractivity contribution is 0.226. The van der Waals surface area contributed by atoms with E-state index >= 15 is 0 Å². The van der Waals surface area contributed by atoms with Gasteiger partial charge in [-0.15, -0.1) is 0 Å². The average Bonchev–Trinajstić information content (AvgIpc) is 2.31. The van der Waals surface area contributed by atoms with Crippen molar-refractivity contribution in [1.82, 2.24) is 0 Å². The second-order valence-corrected chi connectivity index (χ2v) is 6.15. The summed E-state index contributed by atoms with van der Waals surface area (Å²) in [6, 6.07) is 9.11. The first-order valence-electron chi connectivity index (χ1n) is 6.66. The second kappa shape index (κ2) is 4.65. The molecule has 1 aliphatic rings. The van der Waals surface area contributed by atoms with Gasteiger partial charge in [0.15, 0.2) is 0 Å². The number of piperidine rings is 1. The van der Waals surface area contributed by atoms with Crippen LogP contribution in [0.5, 0.6) is 0 Å². The topological polar surface area (TPSA) is 27.0 Å². The Morgan fingerprint density at radius 1 is 1.28 bits per heavy atom. The van der Waals surface area contributed by atoms with Crippen LogP contribution < -0.4 is 4.90 Å². The van der Waals surface area contributed by atoms with Gasteiger partial charge in [-0.25, -0.2) is 0 Å². The molecule has 0 amide bonds. The van der Waals surface area contributed by atoms with E-state index in [0.29, 0.717) is 0 Å². The molecule has 1 fully saturated rings. The van der Waals surface area contributed by atoms with E-state index in [0.717, 1.165) is 19.5 Å². The molecule has 1 unspecified atom stereocenters. The lowest BCUT2D eigenvalue weighted by Gasteiger charge is -2.42. The fraction of sp³-hybridized carbons (Fsp3) is 0.562. The highest BCUT2D eigenvalue weighted by Crippen LogP contribution is 2.36. The Balaban J connectivity index is 2.21. The Morgan fingerprint density at radius 2 is 2.00 bits per heavy atom. The van der Waals surface area contributed by atoms with Gasteiger partial charge in [0.05, 0.1) is 12.0 Å². The van der Waals surface area contributed by atoms with Gasteiger partial charge in [0.25, 0.3) is 0 Å². The third-order valence-corrected chi connectivity index (χ3v) is 4.24. The zero-order chi connectivity index (χ0) is 13.3. The Bertz CT molecular complexity index is 482. The summed E-state index contributed by atoms with van der Waals surface area (Å²) in [6.45, 7) is 10.7. The first kappa shape index (κ1) is 13.0. The molecule has 1 saturated heterocycles. The number of aryl methyl sites for hydroxylation is 2. The first-order chi connectivity index (χ1) is 8.44. The fourth-order valence-corrected chi connectivity index (χ4v) is 2.74. The Morgan fingerprint density at radius 3 is 2.56 bits per heavy atom. The molecule has 0 saturated carbocycles. The van der Waals surface area contributed by atoms with E-state index in [1.54, 1.807) is 0 Å². The molecule has 2 nitrogen and oxygen atoms in total. The predicted molar refractivity (Wildman–Crippen MR) is 75.6 cm³/mol. The average molecular weight is 242 g/mol. The van der Waals surface area contributed by atoms with Crippen LogP contribution in [0.25, 0.3) is 0 Å². The lowest BCUT2D eigenvalue weighted by atomic mass is 9.74. The molecule has 1 aromatic rings. The lowest BCUT2D eigenvalue weighted by Crippen LogP contribution is -2.45. The van der Waals surface area contributed by atoms with Gasteiger partial charge in [0, 0.05) is 18.8 Å². The molecular formula is C16H22N2. The number of anilines is 1. The minimum atomic E-state index is 0.0752. The van der Waals surface area contributed by atoms with E-state index in [4.69, 9.17) is 0 Å². The molecule has 0 N–H and O–H groups in total. The van der Waals surface area contributed by atoms with E-state index < -0.39 is 0 Å². The predicted octanol–water partition coefficient (Wildman–Crippen LogP) is 3.68. The van der Waals surface area contributed by atoms with E-state index in [-0.39, 0.29) is 11.3 Å². The smallest absolute Gasteiger partial charge is 0.0662 e. The highest BCUT2D eigenvalue weighted by atomic mass is 15.1. The Hall–Kier alpha value is -1.49. The van der Waals surface area contributed by atoms with E-state index in [9.17, 15) is 5.26 Å². The normalized spacial score (nSPS) is 22.6. The van der Waals surface area contributed by atoms with Gasteiger partial charge in [-0.1, -0.05) is 19.9 Å². The third kappa shape index (κ3) is 2.36.